The van der Waals surface area contributed by atoms with Gasteiger partial charge in [-0.25, -0.2) is 9.50 Å². The molecular weight excluding hydrogens is 306 g/mol. The van der Waals surface area contributed by atoms with Gasteiger partial charge in [-0.1, -0.05) is 6.07 Å². The summed E-state index contributed by atoms with van der Waals surface area (Å²) in [5.74, 6) is 0.830. The Hall–Kier alpha value is -2.73. The van der Waals surface area contributed by atoms with E-state index in [4.69, 9.17) is 4.98 Å². The first-order valence-electron chi connectivity index (χ1n) is 7.32. The van der Waals surface area contributed by atoms with E-state index in [0.29, 0.717) is 6.54 Å². The van der Waals surface area contributed by atoms with Gasteiger partial charge in [0, 0.05) is 30.0 Å². The van der Waals surface area contributed by atoms with Gasteiger partial charge in [0.25, 0.3) is 0 Å². The Kier molecular flexibility index (Phi) is 3.51. The predicted octanol–water partition coefficient (Wildman–Crippen LogP) is 3.77. The molecule has 0 spiro atoms. The average molecular weight is 321 g/mol. The molecule has 0 radical (unpaired) electrons. The summed E-state index contributed by atoms with van der Waals surface area (Å²) in [7, 11) is 0. The van der Waals surface area contributed by atoms with Crippen molar-refractivity contribution in [2.75, 3.05) is 5.32 Å². The maximum Gasteiger partial charge on any atom is 0.165 e. The van der Waals surface area contributed by atoms with Gasteiger partial charge in [-0.05, 0) is 41.6 Å². The maximum atomic E-state index is 4.71. The molecule has 114 valence electrons. The molecule has 0 aliphatic carbocycles. The van der Waals surface area contributed by atoms with E-state index in [1.165, 1.54) is 10.4 Å². The molecule has 4 aromatic heterocycles. The van der Waals surface area contributed by atoms with Crippen molar-refractivity contribution in [2.24, 2.45) is 0 Å². The van der Waals surface area contributed by atoms with Crippen LogP contribution >= 0.6 is 11.3 Å². The minimum absolute atomic E-state index is 0.693. The second kappa shape index (κ2) is 5.81. The number of rotatable bonds is 4. The molecule has 0 amide bonds. The summed E-state index contributed by atoms with van der Waals surface area (Å²) in [5.41, 5.74) is 4.31. The quantitative estimate of drug-likeness (QED) is 0.621. The number of anilines is 1. The van der Waals surface area contributed by atoms with Crippen LogP contribution in [0.1, 0.15) is 11.1 Å². The van der Waals surface area contributed by atoms with Gasteiger partial charge in [-0.3, -0.25) is 4.98 Å². The highest BCUT2D eigenvalue weighted by molar-refractivity contribution is 7.13. The number of thiophene rings is 1. The van der Waals surface area contributed by atoms with Crippen molar-refractivity contribution < 1.29 is 0 Å². The van der Waals surface area contributed by atoms with Crippen LogP contribution in [-0.2, 0) is 6.54 Å². The van der Waals surface area contributed by atoms with Crippen LogP contribution < -0.4 is 5.32 Å². The number of nitrogens with zero attached hydrogens (tertiary/aromatic N) is 4. The van der Waals surface area contributed by atoms with Gasteiger partial charge in [0.05, 0.1) is 11.8 Å². The van der Waals surface area contributed by atoms with E-state index >= 15 is 0 Å². The topological polar surface area (TPSA) is 55.1 Å². The van der Waals surface area contributed by atoms with E-state index in [2.05, 4.69) is 33.8 Å². The molecule has 0 aromatic carbocycles. The molecule has 0 saturated heterocycles. The number of aryl methyl sites for hydroxylation is 1. The highest BCUT2D eigenvalue weighted by Crippen LogP contribution is 2.29. The van der Waals surface area contributed by atoms with Gasteiger partial charge in [-0.2, -0.15) is 5.10 Å². The molecule has 0 saturated carbocycles. The van der Waals surface area contributed by atoms with E-state index in [1.807, 2.05) is 36.8 Å². The lowest BCUT2D eigenvalue weighted by atomic mass is 10.2. The molecule has 4 heterocycles. The fourth-order valence-corrected chi connectivity index (χ4v) is 3.31. The van der Waals surface area contributed by atoms with Gasteiger partial charge < -0.3 is 5.32 Å². The molecule has 0 atom stereocenters. The number of nitrogens with one attached hydrogen (secondary N) is 1. The van der Waals surface area contributed by atoms with E-state index in [0.717, 1.165) is 22.6 Å². The highest BCUT2D eigenvalue weighted by Gasteiger charge is 2.10. The Balaban J connectivity index is 1.64. The first-order chi connectivity index (χ1) is 11.3. The fraction of sp³-hybridized carbons (Fsp3) is 0.118. The Morgan fingerprint density at radius 3 is 3.00 bits per heavy atom. The second-order valence-electron chi connectivity index (χ2n) is 5.34. The zero-order chi connectivity index (χ0) is 15.6. The van der Waals surface area contributed by atoms with Crippen molar-refractivity contribution in [1.82, 2.24) is 19.6 Å². The summed E-state index contributed by atoms with van der Waals surface area (Å²) in [5, 5.41) is 9.87. The SMILES string of the molecule is Cc1csc(-c2cnn3ccc(NCc4cccnc4)nc23)c1. The predicted molar refractivity (Wildman–Crippen MR) is 92.6 cm³/mol. The lowest BCUT2D eigenvalue weighted by Gasteiger charge is -2.06. The molecule has 0 aliphatic rings. The molecular formula is C17H15N5S. The van der Waals surface area contributed by atoms with Crippen LogP contribution in [0, 0.1) is 6.92 Å². The van der Waals surface area contributed by atoms with Crippen molar-refractivity contribution in [3.63, 3.8) is 0 Å². The Morgan fingerprint density at radius 1 is 1.26 bits per heavy atom. The van der Waals surface area contributed by atoms with Gasteiger partial charge in [0.15, 0.2) is 5.65 Å². The maximum absolute atomic E-state index is 4.71. The third kappa shape index (κ3) is 2.80. The van der Waals surface area contributed by atoms with Gasteiger partial charge in [-0.15, -0.1) is 11.3 Å². The molecule has 1 N–H and O–H groups in total. The molecule has 5 nitrogen and oxygen atoms in total. The van der Waals surface area contributed by atoms with Gasteiger partial charge in [0.2, 0.25) is 0 Å². The first kappa shape index (κ1) is 13.9. The summed E-state index contributed by atoms with van der Waals surface area (Å²) in [4.78, 5) is 10.0. The molecule has 23 heavy (non-hydrogen) atoms. The van der Waals surface area contributed by atoms with Crippen molar-refractivity contribution >= 4 is 22.8 Å². The first-order valence-corrected chi connectivity index (χ1v) is 8.20. The number of pyridine rings is 1. The van der Waals surface area contributed by atoms with Crippen LogP contribution in [0.2, 0.25) is 0 Å². The van der Waals surface area contributed by atoms with Crippen LogP contribution in [0.4, 0.5) is 5.82 Å². The van der Waals surface area contributed by atoms with Crippen LogP contribution in [0.25, 0.3) is 16.1 Å². The molecule has 0 unspecified atom stereocenters. The zero-order valence-corrected chi connectivity index (χ0v) is 13.4. The molecule has 6 heteroatoms. The molecule has 0 aliphatic heterocycles. The summed E-state index contributed by atoms with van der Waals surface area (Å²) in [6, 6.07) is 8.07. The van der Waals surface area contributed by atoms with Crippen LogP contribution in [0.5, 0.6) is 0 Å². The number of hydrogen-bond donors (Lipinski definition) is 1. The van der Waals surface area contributed by atoms with Gasteiger partial charge in [0.1, 0.15) is 5.82 Å². The molecule has 0 bridgehead atoms. The van der Waals surface area contributed by atoms with E-state index in [1.54, 1.807) is 22.0 Å². The largest absolute Gasteiger partial charge is 0.366 e. The minimum Gasteiger partial charge on any atom is -0.366 e. The lowest BCUT2D eigenvalue weighted by molar-refractivity contribution is 0.936. The van der Waals surface area contributed by atoms with Crippen LogP contribution in [0.3, 0.4) is 0 Å². The smallest absolute Gasteiger partial charge is 0.165 e. The standard InChI is InChI=1S/C17H15N5S/c1-12-7-15(23-11-12)14-10-20-22-6-4-16(21-17(14)22)19-9-13-3-2-5-18-8-13/h2-8,10-11H,9H2,1H3,(H,19,21). The van der Waals surface area contributed by atoms with Crippen molar-refractivity contribution in [3.05, 3.63) is 65.6 Å². The third-order valence-corrected chi connectivity index (χ3v) is 4.64. The minimum atomic E-state index is 0.693. The zero-order valence-electron chi connectivity index (χ0n) is 12.6. The Bertz CT molecular complexity index is 942. The van der Waals surface area contributed by atoms with Crippen LogP contribution in [0.15, 0.2) is 54.4 Å². The van der Waals surface area contributed by atoms with E-state index in [-0.39, 0.29) is 0 Å². The number of fused-ring (bicyclic) bond motifs is 1. The van der Waals surface area contributed by atoms with Crippen LogP contribution in [-0.4, -0.2) is 19.6 Å². The lowest BCUT2D eigenvalue weighted by Crippen LogP contribution is -2.03. The molecule has 4 aromatic rings. The second-order valence-corrected chi connectivity index (χ2v) is 6.25. The summed E-state index contributed by atoms with van der Waals surface area (Å²) in [6.07, 6.45) is 7.43. The molecule has 0 fully saturated rings. The average Bonchev–Trinajstić information content (AvgIpc) is 3.19. The Morgan fingerprint density at radius 2 is 2.22 bits per heavy atom. The number of hydrogen-bond acceptors (Lipinski definition) is 5. The summed E-state index contributed by atoms with van der Waals surface area (Å²) < 4.78 is 1.81. The van der Waals surface area contributed by atoms with Gasteiger partial charge >= 0.3 is 0 Å². The Labute approximate surface area is 137 Å². The van der Waals surface area contributed by atoms with E-state index < -0.39 is 0 Å². The third-order valence-electron chi connectivity index (χ3n) is 3.56. The number of aromatic nitrogens is 4. The normalized spacial score (nSPS) is 11.0. The van der Waals surface area contributed by atoms with E-state index in [9.17, 15) is 0 Å². The molecule has 4 rings (SSSR count). The highest BCUT2D eigenvalue weighted by atomic mass is 32.1. The van der Waals surface area contributed by atoms with Crippen molar-refractivity contribution in [3.8, 4) is 10.4 Å². The van der Waals surface area contributed by atoms with Crippen molar-refractivity contribution in [1.29, 1.82) is 0 Å². The fourth-order valence-electron chi connectivity index (χ4n) is 2.41. The monoisotopic (exact) mass is 321 g/mol. The van der Waals surface area contributed by atoms with Crippen molar-refractivity contribution in [2.45, 2.75) is 13.5 Å². The summed E-state index contributed by atoms with van der Waals surface area (Å²) in [6.45, 7) is 2.79. The summed E-state index contributed by atoms with van der Waals surface area (Å²) >= 11 is 1.72.